The third kappa shape index (κ3) is 2.79. The Kier molecular flexibility index (Phi) is 4.84. The van der Waals surface area contributed by atoms with Crippen molar-refractivity contribution in [2.45, 2.75) is 9.79 Å². The molecule has 0 radical (unpaired) electrons. The Balaban J connectivity index is 0.00000128. The average molecular weight is 303 g/mol. The Hall–Kier alpha value is -0.507. The first-order chi connectivity index (χ1) is 7.18. The quantitative estimate of drug-likeness (QED) is 0.570. The van der Waals surface area contributed by atoms with E-state index in [9.17, 15) is 4.79 Å². The van der Waals surface area contributed by atoms with Gasteiger partial charge in [-0.2, -0.15) is 10.9 Å². The third-order valence-electron chi connectivity index (χ3n) is 2.14. The van der Waals surface area contributed by atoms with Crippen LogP contribution in [0.2, 0.25) is 0 Å². The third-order valence-corrected chi connectivity index (χ3v) is 4.62. The summed E-state index contributed by atoms with van der Waals surface area (Å²) >= 11 is 4.38. The van der Waals surface area contributed by atoms with E-state index in [1.807, 2.05) is 24.3 Å². The summed E-state index contributed by atoms with van der Waals surface area (Å²) in [5.41, 5.74) is 5.78. The van der Waals surface area contributed by atoms with Gasteiger partial charge in [0.25, 0.3) is 0 Å². The molecule has 1 aliphatic rings. The molecule has 1 aliphatic heterocycles. The predicted octanol–water partition coefficient (Wildman–Crippen LogP) is 2.47. The van der Waals surface area contributed by atoms with Crippen molar-refractivity contribution in [2.24, 2.45) is 5.73 Å². The molecule has 0 bridgehead atoms. The number of primary amides is 1. The van der Waals surface area contributed by atoms with Crippen molar-refractivity contribution < 1.29 is 24.3 Å². The topological polar surface area (TPSA) is 43.1 Å². The monoisotopic (exact) mass is 301 g/mol. The molecule has 1 amide bonds. The van der Waals surface area contributed by atoms with Gasteiger partial charge in [0.15, 0.2) is 0 Å². The Labute approximate surface area is 116 Å². The van der Waals surface area contributed by atoms with E-state index in [1.54, 1.807) is 6.07 Å². The second-order valence-electron chi connectivity index (χ2n) is 3.16. The summed E-state index contributed by atoms with van der Waals surface area (Å²) in [5.74, 6) is -0.397. The number of rotatable bonds is 2. The number of carbonyl (C=O) groups excluding carboxylic acids is 1. The molecule has 0 unspecified atom stereocenters. The first kappa shape index (κ1) is 13.6. The molecule has 0 spiro atoms. The summed E-state index contributed by atoms with van der Waals surface area (Å²) in [6.45, 7) is 0. The Morgan fingerprint density at radius 3 is 2.44 bits per heavy atom. The molecule has 2 nitrogen and oxygen atoms in total. The van der Waals surface area contributed by atoms with Crippen LogP contribution in [0.4, 0.5) is 0 Å². The second kappa shape index (κ2) is 5.71. The minimum atomic E-state index is -0.447. The van der Waals surface area contributed by atoms with Crippen LogP contribution in [0, 0.1) is 0 Å². The first-order valence-corrected chi connectivity index (χ1v) is 6.37. The smallest absolute Gasteiger partial charge is 0.248 e. The summed E-state index contributed by atoms with van der Waals surface area (Å²) < 4.78 is 0. The maximum absolute atomic E-state index is 11.0. The number of carbonyl (C=O) groups is 1. The van der Waals surface area contributed by atoms with E-state index >= 15 is 0 Å². The molecule has 2 N–H and O–H groups in total. The molecule has 2 rings (SSSR count). The van der Waals surface area contributed by atoms with Crippen LogP contribution in [0.1, 0.15) is 10.4 Å². The molecule has 80 valence electrons. The summed E-state index contributed by atoms with van der Waals surface area (Å²) in [6.07, 6.45) is 4.02. The number of benzene rings is 1. The summed E-state index contributed by atoms with van der Waals surface area (Å²) in [6, 6.07) is 5.35. The maximum atomic E-state index is 11.0. The Bertz CT molecular complexity index is 459. The van der Waals surface area contributed by atoms with E-state index in [4.69, 9.17) is 5.73 Å². The van der Waals surface area contributed by atoms with E-state index in [0.717, 1.165) is 9.79 Å². The Morgan fingerprint density at radius 1 is 1.25 bits per heavy atom. The fourth-order valence-corrected chi connectivity index (χ4v) is 3.48. The molecule has 1 aromatic rings. The SMILES string of the molecule is NC(=O)c1ccc(S)c([SH]2C=CC=C2)c1.[Zn]. The standard InChI is InChI=1S/C11H11NOS2.Zn/c12-11(13)8-3-4-9(14)10(7-8)15-5-1-2-6-15;/h1-7,14-15H,(H2,12,13);. The number of amides is 1. The molecule has 0 saturated heterocycles. The van der Waals surface area contributed by atoms with Gasteiger partial charge in [-0.25, -0.2) is 0 Å². The molecule has 16 heavy (non-hydrogen) atoms. The van der Waals surface area contributed by atoms with Gasteiger partial charge in [0, 0.05) is 34.8 Å². The number of hydrogen-bond acceptors (Lipinski definition) is 2. The van der Waals surface area contributed by atoms with Gasteiger partial charge in [-0.1, -0.05) is 12.2 Å². The van der Waals surface area contributed by atoms with Crippen LogP contribution in [-0.4, -0.2) is 5.91 Å². The summed E-state index contributed by atoms with van der Waals surface area (Å²) in [4.78, 5) is 13.0. The zero-order chi connectivity index (χ0) is 10.8. The van der Waals surface area contributed by atoms with Crippen molar-refractivity contribution in [2.75, 3.05) is 0 Å². The molecule has 0 fully saturated rings. The molecular weight excluding hydrogens is 292 g/mol. The molecule has 0 aromatic heterocycles. The van der Waals surface area contributed by atoms with Gasteiger partial charge in [0.05, 0.1) is 0 Å². The zero-order valence-electron chi connectivity index (χ0n) is 8.63. The van der Waals surface area contributed by atoms with Gasteiger partial charge in [-0.3, -0.25) is 4.79 Å². The van der Waals surface area contributed by atoms with Gasteiger partial charge in [0.1, 0.15) is 0 Å². The van der Waals surface area contributed by atoms with Gasteiger partial charge in [0.2, 0.25) is 5.91 Å². The average Bonchev–Trinajstić information content (AvgIpc) is 2.71. The minimum absolute atomic E-state index is 0. The van der Waals surface area contributed by atoms with E-state index in [-0.39, 0.29) is 19.5 Å². The van der Waals surface area contributed by atoms with Gasteiger partial charge in [-0.05, 0) is 29.0 Å². The van der Waals surface area contributed by atoms with E-state index in [0.29, 0.717) is 5.56 Å². The van der Waals surface area contributed by atoms with Crippen LogP contribution in [-0.2, 0) is 19.5 Å². The number of hydrogen-bond donors (Lipinski definition) is 3. The zero-order valence-corrected chi connectivity index (χ0v) is 13.4. The summed E-state index contributed by atoms with van der Waals surface area (Å²) in [5, 5.41) is 4.24. The molecule has 1 aromatic carbocycles. The number of thiol groups is 2. The van der Waals surface area contributed by atoms with Crippen molar-refractivity contribution in [3.8, 4) is 0 Å². The van der Waals surface area contributed by atoms with Gasteiger partial charge >= 0.3 is 0 Å². The van der Waals surface area contributed by atoms with Crippen molar-refractivity contribution in [1.29, 1.82) is 0 Å². The fraction of sp³-hybridized carbons (Fsp3) is 0. The van der Waals surface area contributed by atoms with Crippen molar-refractivity contribution in [1.82, 2.24) is 0 Å². The molecule has 0 atom stereocenters. The molecule has 1 heterocycles. The van der Waals surface area contributed by atoms with E-state index < -0.39 is 16.8 Å². The van der Waals surface area contributed by atoms with Crippen molar-refractivity contribution in [3.05, 3.63) is 46.7 Å². The van der Waals surface area contributed by atoms with Crippen LogP contribution in [0.5, 0.6) is 0 Å². The Morgan fingerprint density at radius 2 is 1.88 bits per heavy atom. The van der Waals surface area contributed by atoms with Gasteiger partial charge in [-0.15, -0.1) is 12.6 Å². The van der Waals surface area contributed by atoms with Crippen molar-refractivity contribution in [3.63, 3.8) is 0 Å². The second-order valence-corrected chi connectivity index (χ2v) is 5.53. The normalized spacial score (nSPS) is 14.9. The molecule has 0 aliphatic carbocycles. The predicted molar refractivity (Wildman–Crippen MR) is 67.7 cm³/mol. The van der Waals surface area contributed by atoms with Crippen LogP contribution >= 0.6 is 23.5 Å². The fourth-order valence-electron chi connectivity index (χ4n) is 1.38. The van der Waals surface area contributed by atoms with Crippen LogP contribution in [0.3, 0.4) is 0 Å². The summed E-state index contributed by atoms with van der Waals surface area (Å²) in [7, 11) is -0.447. The van der Waals surface area contributed by atoms with Crippen LogP contribution in [0.15, 0.2) is 51.0 Å². The molecule has 5 heteroatoms. The minimum Gasteiger partial charge on any atom is -0.366 e. The largest absolute Gasteiger partial charge is 0.366 e. The maximum Gasteiger partial charge on any atom is 0.248 e. The molecule has 0 saturated carbocycles. The van der Waals surface area contributed by atoms with Crippen molar-refractivity contribution >= 4 is 29.4 Å². The van der Waals surface area contributed by atoms with E-state index in [2.05, 4.69) is 23.4 Å². The van der Waals surface area contributed by atoms with E-state index in [1.165, 1.54) is 0 Å². The van der Waals surface area contributed by atoms with Crippen LogP contribution < -0.4 is 5.73 Å². The number of allylic oxidation sites excluding steroid dienone is 2. The molecular formula is C11H11NOS2Zn. The van der Waals surface area contributed by atoms with Crippen LogP contribution in [0.25, 0.3) is 0 Å². The number of nitrogens with two attached hydrogens (primary N) is 1. The first-order valence-electron chi connectivity index (χ1n) is 4.44. The van der Waals surface area contributed by atoms with Gasteiger partial charge < -0.3 is 5.73 Å².